The second-order valence-corrected chi connectivity index (χ2v) is 28.3. The van der Waals surface area contributed by atoms with Crippen LogP contribution in [0.25, 0.3) is 126 Å². The number of benzene rings is 19. The van der Waals surface area contributed by atoms with Crippen LogP contribution in [0, 0.1) is 0 Å². The number of fused-ring (bicyclic) bond motifs is 16. The van der Waals surface area contributed by atoms with E-state index in [-0.39, 0.29) is 0 Å². The molecule has 0 aliphatic rings. The molecular formula is C106H74N6. The summed E-state index contributed by atoms with van der Waals surface area (Å²) in [7, 11) is 0. The van der Waals surface area contributed by atoms with Gasteiger partial charge in [-0.1, -0.05) is 273 Å². The molecule has 22 aromatic rings. The normalized spacial score (nSPS) is 11.4. The maximum absolute atomic E-state index is 2.41. The Morgan fingerprint density at radius 2 is 0.482 bits per heavy atom. The number of aromatic nitrogens is 3. The first kappa shape index (κ1) is 66.5. The summed E-state index contributed by atoms with van der Waals surface area (Å²) < 4.78 is 7.17. The van der Waals surface area contributed by atoms with E-state index >= 15 is 0 Å². The summed E-state index contributed by atoms with van der Waals surface area (Å²) >= 11 is 0. The molecule has 0 aliphatic heterocycles. The molecule has 0 saturated carbocycles. The molecule has 0 atom stereocenters. The number of anilines is 9. The van der Waals surface area contributed by atoms with Gasteiger partial charge in [0.1, 0.15) is 0 Å². The van der Waals surface area contributed by atoms with Crippen LogP contribution in [-0.4, -0.2) is 13.7 Å². The quantitative estimate of drug-likeness (QED) is 0.122. The van der Waals surface area contributed by atoms with Gasteiger partial charge in [-0.2, -0.15) is 0 Å². The number of rotatable bonds is 12. The molecule has 0 spiro atoms. The topological polar surface area (TPSA) is 24.5 Å². The fourth-order valence-corrected chi connectivity index (χ4v) is 16.9. The smallest absolute Gasteiger partial charge is 0.0548 e. The van der Waals surface area contributed by atoms with Crippen LogP contribution in [0.2, 0.25) is 0 Å². The van der Waals surface area contributed by atoms with E-state index in [0.717, 1.165) is 45.5 Å². The largest absolute Gasteiger partial charge is 0.310 e. The van der Waals surface area contributed by atoms with E-state index < -0.39 is 0 Å². The van der Waals surface area contributed by atoms with Gasteiger partial charge in [-0.15, -0.1) is 0 Å². The molecule has 0 amide bonds. The zero-order chi connectivity index (χ0) is 74.3. The van der Waals surface area contributed by atoms with E-state index in [2.05, 4.69) is 477 Å². The summed E-state index contributed by atoms with van der Waals surface area (Å²) in [5, 5.41) is 17.6. The zero-order valence-corrected chi connectivity index (χ0v) is 61.4. The maximum atomic E-state index is 2.41. The monoisotopic (exact) mass is 1430 g/mol. The van der Waals surface area contributed by atoms with Crippen molar-refractivity contribution in [1.82, 2.24) is 13.7 Å². The summed E-state index contributed by atoms with van der Waals surface area (Å²) in [4.78, 5) is 7.02. The van der Waals surface area contributed by atoms with E-state index in [1.165, 1.54) is 131 Å². The highest BCUT2D eigenvalue weighted by Gasteiger charge is 2.24. The van der Waals surface area contributed by atoms with Crippen molar-refractivity contribution in [3.63, 3.8) is 0 Å². The minimum atomic E-state index is 1.14. The highest BCUT2D eigenvalue weighted by atomic mass is 15.2. The molecule has 0 N–H and O–H groups in total. The lowest BCUT2D eigenvalue weighted by Crippen LogP contribution is -2.10. The van der Waals surface area contributed by atoms with Gasteiger partial charge in [0.15, 0.2) is 0 Å². The Bertz CT molecular complexity index is 7050. The van der Waals surface area contributed by atoms with Gasteiger partial charge in [0, 0.05) is 100 Å². The molecule has 0 saturated heterocycles. The van der Waals surface area contributed by atoms with E-state index in [4.69, 9.17) is 0 Å². The SMILES string of the molecule is c1ccc(N(c2ccccc2)c2ccc3c(ccc4c3c3ccccc3n4-c3ccc4ccccc4c3)c2)cc1.c1ccc(N(c2ccccc2)c2ccc3ccc4c(c3c2)c2ccccc2n4-c2ccccc2)cc1.c1ccc(N(c2ccccc2)c2cccc3ccc4c(c5ccccc5n4-c4ccccc4)c23)cc1. The molecule has 3 aromatic heterocycles. The fraction of sp³-hybridized carbons (Fsp3) is 0. The van der Waals surface area contributed by atoms with Crippen molar-refractivity contribution in [1.29, 1.82) is 0 Å². The van der Waals surface area contributed by atoms with Crippen LogP contribution in [0.3, 0.4) is 0 Å². The van der Waals surface area contributed by atoms with Crippen LogP contribution in [0.4, 0.5) is 51.2 Å². The lowest BCUT2D eigenvalue weighted by atomic mass is 10.0. The van der Waals surface area contributed by atoms with Crippen molar-refractivity contribution in [3.05, 3.63) is 449 Å². The lowest BCUT2D eigenvalue weighted by Gasteiger charge is -2.27. The van der Waals surface area contributed by atoms with Crippen LogP contribution in [0.1, 0.15) is 0 Å². The van der Waals surface area contributed by atoms with Crippen molar-refractivity contribution in [2.75, 3.05) is 14.7 Å². The molecule has 19 aromatic carbocycles. The summed E-state index contributed by atoms with van der Waals surface area (Å²) in [6.45, 7) is 0. The van der Waals surface area contributed by atoms with Crippen LogP contribution < -0.4 is 14.7 Å². The first-order chi connectivity index (χ1) is 55.6. The van der Waals surface area contributed by atoms with Crippen molar-refractivity contribution >= 4 is 160 Å². The average molecular weight is 1430 g/mol. The van der Waals surface area contributed by atoms with Crippen molar-refractivity contribution in [2.24, 2.45) is 0 Å². The van der Waals surface area contributed by atoms with E-state index in [1.807, 2.05) is 0 Å². The highest BCUT2D eigenvalue weighted by molar-refractivity contribution is 6.26. The number of nitrogens with zero attached hydrogens (tertiary/aromatic N) is 6. The summed E-state index contributed by atoms with van der Waals surface area (Å²) in [5.74, 6) is 0. The molecule has 22 rings (SSSR count). The summed E-state index contributed by atoms with van der Waals surface area (Å²) in [6, 6.07) is 160. The molecule has 3 heterocycles. The molecule has 0 radical (unpaired) electrons. The predicted molar refractivity (Wildman–Crippen MR) is 476 cm³/mol. The third-order valence-electron chi connectivity index (χ3n) is 21.8. The van der Waals surface area contributed by atoms with Crippen molar-refractivity contribution < 1.29 is 0 Å². The number of hydrogen-bond donors (Lipinski definition) is 0. The van der Waals surface area contributed by atoms with Gasteiger partial charge < -0.3 is 28.4 Å². The van der Waals surface area contributed by atoms with Crippen LogP contribution in [0.15, 0.2) is 449 Å². The van der Waals surface area contributed by atoms with Gasteiger partial charge in [-0.25, -0.2) is 0 Å². The van der Waals surface area contributed by atoms with Gasteiger partial charge in [-0.3, -0.25) is 0 Å². The molecule has 6 heteroatoms. The van der Waals surface area contributed by atoms with Crippen LogP contribution >= 0.6 is 0 Å². The second-order valence-electron chi connectivity index (χ2n) is 28.3. The molecule has 6 nitrogen and oxygen atoms in total. The Kier molecular flexibility index (Phi) is 17.2. The molecule has 0 fully saturated rings. The molecule has 0 aliphatic carbocycles. The molecule has 0 unspecified atom stereocenters. The van der Waals surface area contributed by atoms with E-state index in [1.54, 1.807) is 0 Å². The second kappa shape index (κ2) is 29.0. The van der Waals surface area contributed by atoms with Gasteiger partial charge in [0.2, 0.25) is 0 Å². The Labute approximate surface area is 649 Å². The van der Waals surface area contributed by atoms with Gasteiger partial charge >= 0.3 is 0 Å². The third-order valence-corrected chi connectivity index (χ3v) is 21.8. The first-order valence-corrected chi connectivity index (χ1v) is 38.3. The third kappa shape index (κ3) is 12.0. The standard InChI is InChI=1S/C38H26N2.2C34H24N2/c1-3-13-30(14-4-1)39(31-15-5-2-6-16-31)32-22-23-34-29(26-32)20-24-37-38(34)35-17-9-10-18-36(35)40(37)33-21-19-27-11-7-8-12-28(27)25-33;1-4-14-26(15-5-1)35(27-16-6-2-7-17-27)31-22-12-13-25-23-24-32-34(33(25)31)29-20-10-11-21-30(29)36(32)28-18-8-3-9-19-28;1-4-12-26(13-5-1)35(27-14-6-2-7-15-27)29-22-20-25-21-23-33-34(31(25)24-29)30-18-10-11-19-32(30)36(33)28-16-8-3-9-17-28/h1-26H;2*1-24H. The van der Waals surface area contributed by atoms with Crippen LogP contribution in [-0.2, 0) is 0 Å². The number of para-hydroxylation sites is 11. The van der Waals surface area contributed by atoms with E-state index in [0.29, 0.717) is 0 Å². The molecule has 528 valence electrons. The van der Waals surface area contributed by atoms with E-state index in [9.17, 15) is 0 Å². The molecule has 112 heavy (non-hydrogen) atoms. The first-order valence-electron chi connectivity index (χ1n) is 38.3. The van der Waals surface area contributed by atoms with Gasteiger partial charge in [-0.05, 0) is 214 Å². The average Bonchev–Trinajstić information content (AvgIpc) is 1.56. The summed E-state index contributed by atoms with van der Waals surface area (Å²) in [5.41, 5.74) is 21.1. The highest BCUT2D eigenvalue weighted by Crippen LogP contribution is 2.47. The van der Waals surface area contributed by atoms with Crippen LogP contribution in [0.5, 0.6) is 0 Å². The van der Waals surface area contributed by atoms with Gasteiger partial charge in [0.25, 0.3) is 0 Å². The number of hydrogen-bond acceptors (Lipinski definition) is 3. The lowest BCUT2D eigenvalue weighted by molar-refractivity contribution is 1.18. The van der Waals surface area contributed by atoms with Crippen molar-refractivity contribution in [3.8, 4) is 17.1 Å². The predicted octanol–water partition coefficient (Wildman–Crippen LogP) is 29.4. The fourth-order valence-electron chi connectivity index (χ4n) is 16.9. The van der Waals surface area contributed by atoms with Crippen molar-refractivity contribution in [2.45, 2.75) is 0 Å². The Morgan fingerprint density at radius 3 is 0.973 bits per heavy atom. The zero-order valence-electron chi connectivity index (χ0n) is 61.4. The molecule has 0 bridgehead atoms. The Hall–Kier alpha value is -15.0. The Balaban J connectivity index is 0.000000110. The van der Waals surface area contributed by atoms with Gasteiger partial charge in [0.05, 0.1) is 38.8 Å². The maximum Gasteiger partial charge on any atom is 0.0548 e. The molecular weight excluding hydrogens is 1360 g/mol. The minimum Gasteiger partial charge on any atom is -0.310 e. The minimum absolute atomic E-state index is 1.14. The summed E-state index contributed by atoms with van der Waals surface area (Å²) in [6.07, 6.45) is 0. The Morgan fingerprint density at radius 1 is 0.143 bits per heavy atom.